The summed E-state index contributed by atoms with van der Waals surface area (Å²) in [4.78, 5) is 11.6. The van der Waals surface area contributed by atoms with Gasteiger partial charge in [0.2, 0.25) is 0 Å². The number of nitrogens with zero attached hydrogens (tertiary/aromatic N) is 1. The van der Waals surface area contributed by atoms with E-state index in [-0.39, 0.29) is 5.91 Å². The van der Waals surface area contributed by atoms with Gasteiger partial charge in [-0.3, -0.25) is 4.79 Å². The van der Waals surface area contributed by atoms with Crippen LogP contribution in [0.15, 0.2) is 52.0 Å². The number of hydrazone groups is 1. The Morgan fingerprint density at radius 3 is 2.65 bits per heavy atom. The number of hydrogen-bond acceptors (Lipinski definition) is 3. The predicted molar refractivity (Wildman–Crippen MR) is 64.9 cm³/mol. The minimum atomic E-state index is -0.245. The average molecular weight is 228 g/mol. The van der Waals surface area contributed by atoms with Crippen molar-refractivity contribution < 1.29 is 9.21 Å². The van der Waals surface area contributed by atoms with Crippen LogP contribution in [0.5, 0.6) is 0 Å². The van der Waals surface area contributed by atoms with Crippen molar-refractivity contribution >= 4 is 12.1 Å². The second kappa shape index (κ2) is 5.12. The Bertz CT molecular complexity index is 529. The van der Waals surface area contributed by atoms with Gasteiger partial charge in [0.05, 0.1) is 6.21 Å². The van der Waals surface area contributed by atoms with Gasteiger partial charge in [0.1, 0.15) is 11.5 Å². The molecule has 4 nitrogen and oxygen atoms in total. The molecule has 2 rings (SSSR count). The first-order valence-electron chi connectivity index (χ1n) is 5.20. The van der Waals surface area contributed by atoms with Crippen LogP contribution in [0.1, 0.15) is 21.9 Å². The van der Waals surface area contributed by atoms with E-state index in [1.54, 1.807) is 30.3 Å². The standard InChI is InChI=1S/C13H12N2O2/c1-10-7-8-12(17-10)9-14-15-13(16)11-5-3-2-4-6-11/h2-9H,1H3,(H,15,16)/b14-9+. The van der Waals surface area contributed by atoms with Crippen molar-refractivity contribution in [3.8, 4) is 0 Å². The minimum absolute atomic E-state index is 0.245. The summed E-state index contributed by atoms with van der Waals surface area (Å²) in [5, 5.41) is 3.81. The number of rotatable bonds is 3. The molecule has 4 heteroatoms. The van der Waals surface area contributed by atoms with Crippen LogP contribution in [-0.4, -0.2) is 12.1 Å². The molecule has 0 saturated carbocycles. The number of nitrogens with one attached hydrogen (secondary N) is 1. The van der Waals surface area contributed by atoms with Crippen molar-refractivity contribution in [2.24, 2.45) is 5.10 Å². The van der Waals surface area contributed by atoms with Crippen molar-refractivity contribution in [3.05, 3.63) is 59.5 Å². The molecule has 0 fully saturated rings. The van der Waals surface area contributed by atoms with E-state index in [0.29, 0.717) is 11.3 Å². The fourth-order valence-corrected chi connectivity index (χ4v) is 1.33. The minimum Gasteiger partial charge on any atom is -0.460 e. The molecular weight excluding hydrogens is 216 g/mol. The highest BCUT2D eigenvalue weighted by Crippen LogP contribution is 2.03. The molecule has 1 aromatic carbocycles. The van der Waals surface area contributed by atoms with Gasteiger partial charge in [0.15, 0.2) is 0 Å². The molecule has 0 aliphatic rings. The maximum Gasteiger partial charge on any atom is 0.271 e. The molecule has 1 amide bonds. The zero-order valence-electron chi connectivity index (χ0n) is 9.38. The Morgan fingerprint density at radius 2 is 2.00 bits per heavy atom. The lowest BCUT2D eigenvalue weighted by atomic mass is 10.2. The SMILES string of the molecule is Cc1ccc(/C=N/NC(=O)c2ccccc2)o1. The molecule has 0 spiro atoms. The van der Waals surface area contributed by atoms with Gasteiger partial charge in [-0.2, -0.15) is 5.10 Å². The predicted octanol–water partition coefficient (Wildman–Crippen LogP) is 2.35. The number of amides is 1. The fraction of sp³-hybridized carbons (Fsp3) is 0.0769. The molecule has 1 N–H and O–H groups in total. The van der Waals surface area contributed by atoms with Crippen LogP contribution in [0.2, 0.25) is 0 Å². The summed E-state index contributed by atoms with van der Waals surface area (Å²) >= 11 is 0. The molecule has 1 aromatic heterocycles. The van der Waals surface area contributed by atoms with E-state index in [1.807, 2.05) is 19.1 Å². The zero-order valence-corrected chi connectivity index (χ0v) is 9.38. The van der Waals surface area contributed by atoms with Crippen molar-refractivity contribution in [2.45, 2.75) is 6.92 Å². The highest BCUT2D eigenvalue weighted by molar-refractivity contribution is 5.94. The van der Waals surface area contributed by atoms with Gasteiger partial charge in [-0.15, -0.1) is 0 Å². The third kappa shape index (κ3) is 3.04. The third-order valence-corrected chi connectivity index (χ3v) is 2.16. The fourth-order valence-electron chi connectivity index (χ4n) is 1.33. The molecule has 1 heterocycles. The Balaban J connectivity index is 1.95. The molecule has 0 aliphatic carbocycles. The van der Waals surface area contributed by atoms with Gasteiger partial charge in [-0.05, 0) is 31.2 Å². The Morgan fingerprint density at radius 1 is 1.24 bits per heavy atom. The van der Waals surface area contributed by atoms with Gasteiger partial charge in [-0.25, -0.2) is 5.43 Å². The second-order valence-electron chi connectivity index (χ2n) is 3.51. The number of furan rings is 1. The van der Waals surface area contributed by atoms with E-state index in [2.05, 4.69) is 10.5 Å². The molecule has 17 heavy (non-hydrogen) atoms. The van der Waals surface area contributed by atoms with E-state index in [1.165, 1.54) is 6.21 Å². The quantitative estimate of drug-likeness (QED) is 0.647. The monoisotopic (exact) mass is 228 g/mol. The lowest BCUT2D eigenvalue weighted by molar-refractivity contribution is 0.0955. The summed E-state index contributed by atoms with van der Waals surface area (Å²) in [5.41, 5.74) is 3.00. The lowest BCUT2D eigenvalue weighted by Crippen LogP contribution is -2.17. The van der Waals surface area contributed by atoms with Crippen LogP contribution in [0.3, 0.4) is 0 Å². The smallest absolute Gasteiger partial charge is 0.271 e. The van der Waals surface area contributed by atoms with Crippen LogP contribution in [-0.2, 0) is 0 Å². The summed E-state index contributed by atoms with van der Waals surface area (Å²) in [5.74, 6) is 1.17. The summed E-state index contributed by atoms with van der Waals surface area (Å²) in [6.07, 6.45) is 1.47. The van der Waals surface area contributed by atoms with E-state index in [9.17, 15) is 4.79 Å². The van der Waals surface area contributed by atoms with Crippen LogP contribution in [0.25, 0.3) is 0 Å². The maximum absolute atomic E-state index is 11.6. The van der Waals surface area contributed by atoms with E-state index in [4.69, 9.17) is 4.42 Å². The molecule has 0 atom stereocenters. The van der Waals surface area contributed by atoms with Gasteiger partial charge in [-0.1, -0.05) is 18.2 Å². The Kier molecular flexibility index (Phi) is 3.35. The number of aryl methyl sites for hydroxylation is 1. The first-order chi connectivity index (χ1) is 8.25. The average Bonchev–Trinajstić information content (AvgIpc) is 2.76. The van der Waals surface area contributed by atoms with Crippen molar-refractivity contribution in [2.75, 3.05) is 0 Å². The topological polar surface area (TPSA) is 54.6 Å². The maximum atomic E-state index is 11.6. The molecule has 0 radical (unpaired) electrons. The normalized spacial score (nSPS) is 10.6. The van der Waals surface area contributed by atoms with E-state index >= 15 is 0 Å². The molecule has 0 bridgehead atoms. The van der Waals surface area contributed by atoms with Crippen LogP contribution in [0, 0.1) is 6.92 Å². The summed E-state index contributed by atoms with van der Waals surface area (Å²) in [6, 6.07) is 12.5. The molecule has 0 aliphatic heterocycles. The largest absolute Gasteiger partial charge is 0.460 e. The van der Waals surface area contributed by atoms with Crippen LogP contribution < -0.4 is 5.43 Å². The van der Waals surface area contributed by atoms with Crippen LogP contribution in [0.4, 0.5) is 0 Å². The molecule has 86 valence electrons. The summed E-state index contributed by atoms with van der Waals surface area (Å²) < 4.78 is 5.27. The van der Waals surface area contributed by atoms with Gasteiger partial charge < -0.3 is 4.42 Å². The number of benzene rings is 1. The summed E-state index contributed by atoms with van der Waals surface area (Å²) in [6.45, 7) is 1.85. The highest BCUT2D eigenvalue weighted by Gasteiger charge is 2.01. The first-order valence-corrected chi connectivity index (χ1v) is 5.20. The van der Waals surface area contributed by atoms with Crippen molar-refractivity contribution in [1.29, 1.82) is 0 Å². The molecule has 2 aromatic rings. The molecular formula is C13H12N2O2. The Hall–Kier alpha value is -2.36. The van der Waals surface area contributed by atoms with Gasteiger partial charge >= 0.3 is 0 Å². The second-order valence-corrected chi connectivity index (χ2v) is 3.51. The zero-order chi connectivity index (χ0) is 12.1. The van der Waals surface area contributed by atoms with Crippen molar-refractivity contribution in [3.63, 3.8) is 0 Å². The van der Waals surface area contributed by atoms with E-state index < -0.39 is 0 Å². The number of carbonyl (C=O) groups excluding carboxylic acids is 1. The highest BCUT2D eigenvalue weighted by atomic mass is 16.3. The van der Waals surface area contributed by atoms with Crippen molar-refractivity contribution in [1.82, 2.24) is 5.43 Å². The number of carbonyl (C=O) groups is 1. The third-order valence-electron chi connectivity index (χ3n) is 2.16. The molecule has 0 saturated heterocycles. The first kappa shape index (κ1) is 11.1. The van der Waals surface area contributed by atoms with Gasteiger partial charge in [0, 0.05) is 5.56 Å². The van der Waals surface area contributed by atoms with Crippen LogP contribution >= 0.6 is 0 Å². The molecule has 0 unspecified atom stereocenters. The van der Waals surface area contributed by atoms with Gasteiger partial charge in [0.25, 0.3) is 5.91 Å². The summed E-state index contributed by atoms with van der Waals surface area (Å²) in [7, 11) is 0. The Labute approximate surface area is 99.0 Å². The van der Waals surface area contributed by atoms with E-state index in [0.717, 1.165) is 5.76 Å². The number of hydrogen-bond donors (Lipinski definition) is 1. The lowest BCUT2D eigenvalue weighted by Gasteiger charge is -1.97.